The Bertz CT molecular complexity index is 1460. The molecule has 7 nitrogen and oxygen atoms in total. The number of hydrogen-bond acceptors (Lipinski definition) is 4. The number of benzene rings is 3. The van der Waals surface area contributed by atoms with Gasteiger partial charge in [0.05, 0.1) is 10.6 Å². The molecule has 0 bridgehead atoms. The number of nitrogens with one attached hydrogen (secondary N) is 1. The molecule has 0 saturated heterocycles. The summed E-state index contributed by atoms with van der Waals surface area (Å²) in [6.07, 6.45) is 0.310. The van der Waals surface area contributed by atoms with Crippen LogP contribution in [0.1, 0.15) is 35.6 Å². The maximum absolute atomic E-state index is 14.0. The van der Waals surface area contributed by atoms with Crippen LogP contribution in [-0.4, -0.2) is 44.8 Å². The summed E-state index contributed by atoms with van der Waals surface area (Å²) in [5, 5.41) is 3.38. The number of rotatable bonds is 10. The van der Waals surface area contributed by atoms with Crippen molar-refractivity contribution < 1.29 is 18.0 Å². The SMILES string of the molecule is CC[C@@H](C(=O)NC)N(Cc1ccc(Cl)cc1Cl)C(=O)CN(c1cc(C)ccc1C)S(=O)(=O)c1ccc(C)cc1. The molecular weight excluding hydrogens is 557 g/mol. The van der Waals surface area contributed by atoms with Crippen LogP contribution in [0, 0.1) is 20.8 Å². The predicted molar refractivity (Wildman–Crippen MR) is 157 cm³/mol. The number of anilines is 1. The fourth-order valence-electron chi connectivity index (χ4n) is 4.26. The van der Waals surface area contributed by atoms with E-state index in [2.05, 4.69) is 5.32 Å². The number of amides is 2. The van der Waals surface area contributed by atoms with Crippen LogP contribution in [0.5, 0.6) is 0 Å². The Morgan fingerprint density at radius 3 is 2.15 bits per heavy atom. The van der Waals surface area contributed by atoms with Gasteiger partial charge in [0.25, 0.3) is 10.0 Å². The third-order valence-electron chi connectivity index (χ3n) is 6.51. The van der Waals surface area contributed by atoms with E-state index in [9.17, 15) is 18.0 Å². The molecule has 0 aliphatic carbocycles. The zero-order chi connectivity index (χ0) is 28.9. The summed E-state index contributed by atoms with van der Waals surface area (Å²) in [4.78, 5) is 28.3. The van der Waals surface area contributed by atoms with E-state index in [4.69, 9.17) is 23.2 Å². The quantitative estimate of drug-likeness (QED) is 0.330. The van der Waals surface area contributed by atoms with Crippen molar-refractivity contribution in [2.75, 3.05) is 17.9 Å². The van der Waals surface area contributed by atoms with Gasteiger partial charge in [-0.3, -0.25) is 13.9 Å². The largest absolute Gasteiger partial charge is 0.357 e. The topological polar surface area (TPSA) is 86.8 Å². The third kappa shape index (κ3) is 7.12. The van der Waals surface area contributed by atoms with Gasteiger partial charge in [-0.05, 0) is 74.2 Å². The first-order chi connectivity index (χ1) is 18.4. The Hall–Kier alpha value is -3.07. The summed E-state index contributed by atoms with van der Waals surface area (Å²) in [7, 11) is -2.65. The van der Waals surface area contributed by atoms with Gasteiger partial charge in [-0.15, -0.1) is 0 Å². The molecule has 208 valence electrons. The lowest BCUT2D eigenvalue weighted by Gasteiger charge is -2.33. The second-order valence-corrected chi connectivity index (χ2v) is 12.1. The van der Waals surface area contributed by atoms with E-state index in [1.165, 1.54) is 24.1 Å². The van der Waals surface area contributed by atoms with E-state index in [1.54, 1.807) is 50.2 Å². The van der Waals surface area contributed by atoms with E-state index in [1.807, 2.05) is 26.0 Å². The zero-order valence-corrected chi connectivity index (χ0v) is 25.0. The first-order valence-corrected chi connectivity index (χ1v) is 14.7. The van der Waals surface area contributed by atoms with Gasteiger partial charge in [-0.1, -0.05) is 66.0 Å². The minimum atomic E-state index is -4.14. The molecule has 0 aliphatic rings. The lowest BCUT2D eigenvalue weighted by Crippen LogP contribution is -2.51. The minimum Gasteiger partial charge on any atom is -0.357 e. The van der Waals surface area contributed by atoms with E-state index in [0.29, 0.717) is 33.3 Å². The summed E-state index contributed by atoms with van der Waals surface area (Å²) in [6.45, 7) is 6.78. The monoisotopic (exact) mass is 589 g/mol. The molecule has 0 spiro atoms. The van der Waals surface area contributed by atoms with Crippen molar-refractivity contribution >= 4 is 50.7 Å². The van der Waals surface area contributed by atoms with Crippen LogP contribution in [-0.2, 0) is 26.2 Å². The average Bonchev–Trinajstić information content (AvgIpc) is 2.89. The van der Waals surface area contributed by atoms with Crippen molar-refractivity contribution in [2.24, 2.45) is 0 Å². The van der Waals surface area contributed by atoms with E-state index in [0.717, 1.165) is 15.4 Å². The van der Waals surface area contributed by atoms with Crippen LogP contribution in [0.4, 0.5) is 5.69 Å². The van der Waals surface area contributed by atoms with Gasteiger partial charge in [0.2, 0.25) is 11.8 Å². The van der Waals surface area contributed by atoms with E-state index in [-0.39, 0.29) is 17.3 Å². The molecule has 2 amide bonds. The van der Waals surface area contributed by atoms with Gasteiger partial charge in [0.1, 0.15) is 12.6 Å². The molecule has 0 fully saturated rings. The second-order valence-electron chi connectivity index (χ2n) is 9.41. The van der Waals surface area contributed by atoms with E-state index < -0.39 is 28.5 Å². The molecular formula is C29H33Cl2N3O4S. The van der Waals surface area contributed by atoms with Crippen molar-refractivity contribution in [1.82, 2.24) is 10.2 Å². The number of likely N-dealkylation sites (N-methyl/N-ethyl adjacent to an activating group) is 1. The number of aryl methyl sites for hydroxylation is 3. The zero-order valence-electron chi connectivity index (χ0n) is 22.7. The lowest BCUT2D eigenvalue weighted by molar-refractivity contribution is -0.140. The number of nitrogens with zero attached hydrogens (tertiary/aromatic N) is 2. The Balaban J connectivity index is 2.12. The Morgan fingerprint density at radius 1 is 0.923 bits per heavy atom. The van der Waals surface area contributed by atoms with Crippen LogP contribution >= 0.6 is 23.2 Å². The molecule has 0 heterocycles. The highest BCUT2D eigenvalue weighted by molar-refractivity contribution is 7.92. The maximum Gasteiger partial charge on any atom is 0.264 e. The fraction of sp³-hybridized carbons (Fsp3) is 0.310. The van der Waals surface area contributed by atoms with Crippen LogP contribution in [0.2, 0.25) is 10.0 Å². The molecule has 10 heteroatoms. The summed E-state index contributed by atoms with van der Waals surface area (Å²) < 4.78 is 29.1. The minimum absolute atomic E-state index is 0.00796. The highest BCUT2D eigenvalue weighted by atomic mass is 35.5. The first-order valence-electron chi connectivity index (χ1n) is 12.5. The Labute approximate surface area is 240 Å². The van der Waals surface area contributed by atoms with Crippen LogP contribution in [0.15, 0.2) is 65.6 Å². The highest BCUT2D eigenvalue weighted by Crippen LogP contribution is 2.29. The molecule has 3 aromatic carbocycles. The molecule has 0 saturated carbocycles. The third-order valence-corrected chi connectivity index (χ3v) is 8.87. The molecule has 0 aliphatic heterocycles. The van der Waals surface area contributed by atoms with Crippen molar-refractivity contribution in [3.63, 3.8) is 0 Å². The molecule has 1 N–H and O–H groups in total. The summed E-state index contributed by atoms with van der Waals surface area (Å²) in [5.41, 5.74) is 3.41. The molecule has 3 aromatic rings. The predicted octanol–water partition coefficient (Wildman–Crippen LogP) is 5.67. The van der Waals surface area contributed by atoms with Crippen molar-refractivity contribution in [1.29, 1.82) is 0 Å². The standard InChI is InChI=1S/C29H33Cl2N3O4S/c1-6-26(29(36)32-5)33(17-22-11-12-23(30)16-25(22)31)28(35)18-34(27-15-20(3)7-10-21(27)4)39(37,38)24-13-8-19(2)9-14-24/h7-16,26H,6,17-18H2,1-5H3,(H,32,36)/t26-/m0/s1. The summed E-state index contributed by atoms with van der Waals surface area (Å²) in [6, 6.07) is 16.0. The number of sulfonamides is 1. The lowest BCUT2D eigenvalue weighted by atomic mass is 10.1. The highest BCUT2D eigenvalue weighted by Gasteiger charge is 2.34. The fourth-order valence-corrected chi connectivity index (χ4v) is 6.20. The van der Waals surface area contributed by atoms with Gasteiger partial charge in [0.15, 0.2) is 0 Å². The number of hydrogen-bond donors (Lipinski definition) is 1. The van der Waals surface area contributed by atoms with E-state index >= 15 is 0 Å². The molecule has 1 atom stereocenters. The first kappa shape index (κ1) is 30.5. The van der Waals surface area contributed by atoms with Gasteiger partial charge in [-0.25, -0.2) is 8.42 Å². The molecule has 0 radical (unpaired) electrons. The van der Waals surface area contributed by atoms with Gasteiger partial charge < -0.3 is 10.2 Å². The number of halogens is 2. The maximum atomic E-state index is 14.0. The second kappa shape index (κ2) is 12.9. The molecule has 0 aromatic heterocycles. The molecule has 0 unspecified atom stereocenters. The van der Waals surface area contributed by atoms with Crippen molar-refractivity contribution in [3.8, 4) is 0 Å². The van der Waals surface area contributed by atoms with Crippen molar-refractivity contribution in [2.45, 2.75) is 51.6 Å². The number of carbonyl (C=O) groups is 2. The molecule has 39 heavy (non-hydrogen) atoms. The average molecular weight is 591 g/mol. The Morgan fingerprint density at radius 2 is 1.56 bits per heavy atom. The van der Waals surface area contributed by atoms with Gasteiger partial charge in [-0.2, -0.15) is 0 Å². The van der Waals surface area contributed by atoms with Crippen molar-refractivity contribution in [3.05, 3.63) is 93.0 Å². The van der Waals surface area contributed by atoms with Gasteiger partial charge in [0, 0.05) is 23.6 Å². The smallest absolute Gasteiger partial charge is 0.264 e. The van der Waals surface area contributed by atoms with Crippen LogP contribution < -0.4 is 9.62 Å². The summed E-state index contributed by atoms with van der Waals surface area (Å²) in [5.74, 6) is -0.913. The Kier molecular flexibility index (Phi) is 10.0. The normalized spacial score (nSPS) is 12.1. The molecule has 3 rings (SSSR count). The van der Waals surface area contributed by atoms with Crippen LogP contribution in [0.25, 0.3) is 0 Å². The van der Waals surface area contributed by atoms with Crippen LogP contribution in [0.3, 0.4) is 0 Å². The number of carbonyl (C=O) groups excluding carboxylic acids is 2. The van der Waals surface area contributed by atoms with Gasteiger partial charge >= 0.3 is 0 Å². The summed E-state index contributed by atoms with van der Waals surface area (Å²) >= 11 is 12.5.